The van der Waals surface area contributed by atoms with Gasteiger partial charge >= 0.3 is 17.9 Å². The van der Waals surface area contributed by atoms with E-state index in [1.54, 1.807) is 0 Å². The largest absolute Gasteiger partial charge is 0.477 e. The predicted octanol–water partition coefficient (Wildman–Crippen LogP) is 11.8. The second kappa shape index (κ2) is 37.9. The number of carbonyl (C=O) groups is 3. The number of allylic oxidation sites excluding steroid dienone is 10. The number of rotatable bonds is 38. The summed E-state index contributed by atoms with van der Waals surface area (Å²) in [5.74, 6) is -1.54. The number of ether oxygens (including phenoxy) is 3. The molecular formula is C47H82NO7+. The van der Waals surface area contributed by atoms with E-state index in [1.807, 2.05) is 21.1 Å². The summed E-state index contributed by atoms with van der Waals surface area (Å²) >= 11 is 0. The first-order chi connectivity index (χ1) is 26.6. The van der Waals surface area contributed by atoms with Crippen molar-refractivity contribution in [3.63, 3.8) is 0 Å². The Hall–Kier alpha value is -2.97. The van der Waals surface area contributed by atoms with Crippen molar-refractivity contribution in [3.8, 4) is 0 Å². The number of likely N-dealkylation sites (N-methyl/N-ethyl adjacent to an activating group) is 1. The Morgan fingerprint density at radius 2 is 1.02 bits per heavy atom. The van der Waals surface area contributed by atoms with Crippen LogP contribution in [0.4, 0.5) is 0 Å². The molecule has 1 N–H and O–H groups in total. The molecule has 0 saturated heterocycles. The fraction of sp³-hybridized carbons (Fsp3) is 0.723. The van der Waals surface area contributed by atoms with Gasteiger partial charge in [0.05, 0.1) is 34.4 Å². The molecule has 0 aliphatic carbocycles. The number of hydrogen-bond acceptors (Lipinski definition) is 6. The fourth-order valence-corrected chi connectivity index (χ4v) is 6.07. The van der Waals surface area contributed by atoms with E-state index in [0.29, 0.717) is 19.3 Å². The minimum atomic E-state index is -0.885. The molecule has 0 aromatic rings. The van der Waals surface area contributed by atoms with Crippen molar-refractivity contribution in [2.75, 3.05) is 41.0 Å². The van der Waals surface area contributed by atoms with E-state index in [0.717, 1.165) is 57.8 Å². The van der Waals surface area contributed by atoms with Crippen molar-refractivity contribution in [1.29, 1.82) is 0 Å². The molecule has 2 unspecified atom stereocenters. The highest BCUT2D eigenvalue weighted by Gasteiger charge is 2.31. The van der Waals surface area contributed by atoms with Crippen molar-refractivity contribution in [1.82, 2.24) is 0 Å². The molecule has 2 atom stereocenters. The number of carboxylic acids is 1. The number of aliphatic carboxylic acids is 1. The van der Waals surface area contributed by atoms with Gasteiger partial charge in [0.1, 0.15) is 6.61 Å². The van der Waals surface area contributed by atoms with Gasteiger partial charge in [-0.05, 0) is 51.4 Å². The second-order valence-electron chi connectivity index (χ2n) is 15.6. The van der Waals surface area contributed by atoms with Gasteiger partial charge in [0, 0.05) is 19.3 Å². The van der Waals surface area contributed by atoms with Crippen molar-refractivity contribution in [3.05, 3.63) is 60.8 Å². The molecule has 0 aromatic heterocycles. The Bertz CT molecular complexity index is 1090. The normalized spacial score (nSPS) is 13.5. The van der Waals surface area contributed by atoms with Gasteiger partial charge in [0.2, 0.25) is 0 Å². The Morgan fingerprint density at radius 3 is 1.49 bits per heavy atom. The molecule has 0 rings (SSSR count). The third-order valence-electron chi connectivity index (χ3n) is 9.43. The highest BCUT2D eigenvalue weighted by Crippen LogP contribution is 2.14. The molecule has 0 spiro atoms. The maximum absolute atomic E-state index is 12.7. The van der Waals surface area contributed by atoms with E-state index >= 15 is 0 Å². The summed E-state index contributed by atoms with van der Waals surface area (Å²) in [7, 11) is 5.50. The van der Waals surface area contributed by atoms with E-state index in [2.05, 4.69) is 74.6 Å². The number of carboxylic acid groups (broad SMARTS) is 1. The Morgan fingerprint density at radius 1 is 0.564 bits per heavy atom. The number of nitrogens with zero attached hydrogens (tertiary/aromatic N) is 1. The molecule has 8 heteroatoms. The number of esters is 2. The van der Waals surface area contributed by atoms with Gasteiger partial charge in [-0.1, -0.05) is 158 Å². The van der Waals surface area contributed by atoms with Crippen LogP contribution in [0.15, 0.2) is 60.8 Å². The highest BCUT2D eigenvalue weighted by atomic mass is 16.6. The van der Waals surface area contributed by atoms with Gasteiger partial charge in [-0.3, -0.25) is 9.59 Å². The third-order valence-corrected chi connectivity index (χ3v) is 9.43. The lowest BCUT2D eigenvalue weighted by Gasteiger charge is -2.31. The monoisotopic (exact) mass is 773 g/mol. The van der Waals surface area contributed by atoms with E-state index in [4.69, 9.17) is 14.2 Å². The van der Waals surface area contributed by atoms with Gasteiger partial charge in [-0.25, -0.2) is 4.79 Å². The zero-order chi connectivity index (χ0) is 40.7. The molecule has 0 amide bonds. The summed E-state index contributed by atoms with van der Waals surface area (Å²) in [4.78, 5) is 36.9. The first kappa shape index (κ1) is 52.0. The molecule has 0 bridgehead atoms. The third kappa shape index (κ3) is 36.4. The van der Waals surface area contributed by atoms with Crippen LogP contribution in [0.5, 0.6) is 0 Å². The van der Waals surface area contributed by atoms with Crippen LogP contribution < -0.4 is 0 Å². The summed E-state index contributed by atoms with van der Waals surface area (Å²) in [6.07, 6.45) is 45.5. The van der Waals surface area contributed by atoms with Crippen LogP contribution >= 0.6 is 0 Å². The minimum Gasteiger partial charge on any atom is -0.477 e. The maximum Gasteiger partial charge on any atom is 0.362 e. The fourth-order valence-electron chi connectivity index (χ4n) is 6.07. The molecular weight excluding hydrogens is 691 g/mol. The lowest BCUT2D eigenvalue weighted by atomic mass is 10.0. The summed E-state index contributed by atoms with van der Waals surface area (Å²) in [5.41, 5.74) is 0. The molecule has 8 nitrogen and oxygen atoms in total. The lowest BCUT2D eigenvalue weighted by molar-refractivity contribution is -0.887. The molecule has 0 fully saturated rings. The van der Waals surface area contributed by atoms with Crippen molar-refractivity contribution >= 4 is 17.9 Å². The van der Waals surface area contributed by atoms with E-state index in [1.165, 1.54) is 70.6 Å². The molecule has 316 valence electrons. The maximum atomic E-state index is 12.7. The van der Waals surface area contributed by atoms with Crippen molar-refractivity contribution in [2.45, 2.75) is 180 Å². The average molecular weight is 773 g/mol. The molecule has 0 heterocycles. The van der Waals surface area contributed by atoms with Crippen LogP contribution in [-0.2, 0) is 28.6 Å². The van der Waals surface area contributed by atoms with Crippen LogP contribution in [0.25, 0.3) is 0 Å². The molecule has 0 saturated carbocycles. The van der Waals surface area contributed by atoms with Crippen LogP contribution in [0.2, 0.25) is 0 Å². The Balaban J connectivity index is 4.46. The number of unbranched alkanes of at least 4 members (excludes halogenated alkanes) is 14. The summed E-state index contributed by atoms with van der Waals surface area (Å²) in [6.45, 7) is 4.56. The number of carbonyl (C=O) groups excluding carboxylic acids is 2. The van der Waals surface area contributed by atoms with Gasteiger partial charge in [-0.15, -0.1) is 0 Å². The van der Waals surface area contributed by atoms with E-state index in [9.17, 15) is 19.5 Å². The molecule has 0 aliphatic rings. The molecule has 0 radical (unpaired) electrons. The van der Waals surface area contributed by atoms with Crippen LogP contribution in [-0.4, -0.2) is 80.6 Å². The topological polar surface area (TPSA) is 99.1 Å². The zero-order valence-electron chi connectivity index (χ0n) is 35.9. The first-order valence-electron chi connectivity index (χ1n) is 21.8. The second-order valence-corrected chi connectivity index (χ2v) is 15.6. The minimum absolute atomic E-state index is 0.0378. The quantitative estimate of drug-likeness (QED) is 0.0289. The lowest BCUT2D eigenvalue weighted by Crippen LogP contribution is -2.50. The van der Waals surface area contributed by atoms with Gasteiger partial charge in [-0.2, -0.15) is 0 Å². The SMILES string of the molecule is CC/C=C\C/C=C\C/C=C\C/C=C\C/C=C\CCCC(=O)OC(COCCC(C(=O)O)[N+](C)(C)C)COC(=O)CCCCCCCCCCCCCCCC. The number of hydrogen-bond donors (Lipinski definition) is 1. The van der Waals surface area contributed by atoms with Gasteiger partial charge < -0.3 is 23.8 Å². The average Bonchev–Trinajstić information content (AvgIpc) is 3.14. The van der Waals surface area contributed by atoms with Crippen LogP contribution in [0, 0.1) is 0 Å². The highest BCUT2D eigenvalue weighted by molar-refractivity contribution is 5.72. The predicted molar refractivity (Wildman–Crippen MR) is 229 cm³/mol. The summed E-state index contributed by atoms with van der Waals surface area (Å²) in [5, 5.41) is 9.61. The number of quaternary nitrogens is 1. The van der Waals surface area contributed by atoms with Crippen LogP contribution in [0.1, 0.15) is 168 Å². The van der Waals surface area contributed by atoms with Gasteiger partial charge in [0.15, 0.2) is 12.1 Å². The molecule has 55 heavy (non-hydrogen) atoms. The Labute approximate surface area is 337 Å². The van der Waals surface area contributed by atoms with Crippen LogP contribution in [0.3, 0.4) is 0 Å². The van der Waals surface area contributed by atoms with E-state index in [-0.39, 0.29) is 42.7 Å². The van der Waals surface area contributed by atoms with E-state index < -0.39 is 18.1 Å². The van der Waals surface area contributed by atoms with Crippen molar-refractivity contribution < 1.29 is 38.2 Å². The smallest absolute Gasteiger partial charge is 0.362 e. The Kier molecular flexibility index (Phi) is 35.9. The standard InChI is InChI=1S/C47H81NO7/c1-6-8-10-12-14-16-18-20-22-23-24-26-28-30-32-34-36-38-46(50)55-43(41-53-40-39-44(47(51)52)48(3,4)5)42-54-45(49)37-35-33-31-29-27-25-21-19-17-15-13-11-9-7-2/h8,10,14,16,20,22,24,26,30,32,43-44H,6-7,9,11-13,15,17-19,21,23,25,27-29,31,33-42H2,1-5H3/p+1/b10-8-,16-14-,22-20-,26-24-,32-30-. The first-order valence-corrected chi connectivity index (χ1v) is 21.8. The summed E-state index contributed by atoms with van der Waals surface area (Å²) < 4.78 is 17.2. The van der Waals surface area contributed by atoms with Gasteiger partial charge in [0.25, 0.3) is 0 Å². The van der Waals surface area contributed by atoms with Crippen molar-refractivity contribution in [2.24, 2.45) is 0 Å². The zero-order valence-corrected chi connectivity index (χ0v) is 35.9. The molecule has 0 aliphatic heterocycles. The molecule has 0 aromatic carbocycles. The summed E-state index contributed by atoms with van der Waals surface area (Å²) in [6, 6.07) is -0.625.